The second-order valence-electron chi connectivity index (χ2n) is 5.45. The van der Waals surface area contributed by atoms with Gasteiger partial charge in [0.1, 0.15) is 0 Å². The van der Waals surface area contributed by atoms with E-state index in [0.29, 0.717) is 6.04 Å². The highest BCUT2D eigenvalue weighted by Gasteiger charge is 2.02. The van der Waals surface area contributed by atoms with Gasteiger partial charge in [-0.1, -0.05) is 67.1 Å². The van der Waals surface area contributed by atoms with Gasteiger partial charge in [0.2, 0.25) is 0 Å². The zero-order chi connectivity index (χ0) is 13.9. The standard InChI is InChI=1S/C17H28BrN/c1-3-4-5-6-7-8-13-19-15(2)14-16-9-11-17(18)12-10-16/h9-12,15,19H,3-8,13-14H2,1-2H3. The van der Waals surface area contributed by atoms with Gasteiger partial charge in [0, 0.05) is 10.5 Å². The van der Waals surface area contributed by atoms with E-state index in [0.717, 1.165) is 17.4 Å². The maximum Gasteiger partial charge on any atom is 0.0175 e. The highest BCUT2D eigenvalue weighted by Crippen LogP contribution is 2.12. The number of benzene rings is 1. The van der Waals surface area contributed by atoms with Crippen molar-refractivity contribution >= 4 is 15.9 Å². The summed E-state index contributed by atoms with van der Waals surface area (Å²) in [7, 11) is 0. The van der Waals surface area contributed by atoms with Crippen molar-refractivity contribution in [2.24, 2.45) is 0 Å². The van der Waals surface area contributed by atoms with Crippen LogP contribution in [0, 0.1) is 0 Å². The Kier molecular flexibility index (Phi) is 9.19. The molecule has 0 aliphatic rings. The Morgan fingerprint density at radius 1 is 1.00 bits per heavy atom. The van der Waals surface area contributed by atoms with Gasteiger partial charge in [-0.25, -0.2) is 0 Å². The maximum absolute atomic E-state index is 3.62. The summed E-state index contributed by atoms with van der Waals surface area (Å²) in [5.74, 6) is 0. The minimum Gasteiger partial charge on any atom is -0.314 e. The lowest BCUT2D eigenvalue weighted by molar-refractivity contribution is 0.511. The summed E-state index contributed by atoms with van der Waals surface area (Å²) < 4.78 is 1.16. The number of hydrogen-bond donors (Lipinski definition) is 1. The van der Waals surface area contributed by atoms with Crippen LogP contribution in [-0.4, -0.2) is 12.6 Å². The van der Waals surface area contributed by atoms with Crippen molar-refractivity contribution in [1.82, 2.24) is 5.32 Å². The molecule has 1 N–H and O–H groups in total. The van der Waals surface area contributed by atoms with E-state index in [1.165, 1.54) is 44.1 Å². The Labute approximate surface area is 127 Å². The smallest absolute Gasteiger partial charge is 0.0175 e. The monoisotopic (exact) mass is 325 g/mol. The van der Waals surface area contributed by atoms with Crippen LogP contribution in [-0.2, 0) is 6.42 Å². The van der Waals surface area contributed by atoms with Crippen molar-refractivity contribution in [3.63, 3.8) is 0 Å². The second kappa shape index (κ2) is 10.4. The molecule has 0 amide bonds. The van der Waals surface area contributed by atoms with Crippen LogP contribution in [0.5, 0.6) is 0 Å². The molecule has 1 unspecified atom stereocenters. The summed E-state index contributed by atoms with van der Waals surface area (Å²) in [5.41, 5.74) is 1.41. The molecule has 1 atom stereocenters. The van der Waals surface area contributed by atoms with Gasteiger partial charge in [0.05, 0.1) is 0 Å². The van der Waals surface area contributed by atoms with Crippen LogP contribution in [0.3, 0.4) is 0 Å². The zero-order valence-electron chi connectivity index (χ0n) is 12.4. The molecule has 1 nitrogen and oxygen atoms in total. The van der Waals surface area contributed by atoms with E-state index in [9.17, 15) is 0 Å². The van der Waals surface area contributed by atoms with Crippen molar-refractivity contribution in [2.75, 3.05) is 6.54 Å². The summed E-state index contributed by atoms with van der Waals surface area (Å²) in [6, 6.07) is 9.21. The fourth-order valence-corrected chi connectivity index (χ4v) is 2.56. The molecule has 0 aliphatic heterocycles. The topological polar surface area (TPSA) is 12.0 Å². The molecule has 0 heterocycles. The third-order valence-electron chi connectivity index (χ3n) is 3.48. The van der Waals surface area contributed by atoms with Crippen molar-refractivity contribution in [2.45, 2.75) is 64.8 Å². The minimum atomic E-state index is 0.566. The highest BCUT2D eigenvalue weighted by molar-refractivity contribution is 9.10. The van der Waals surface area contributed by atoms with Gasteiger partial charge in [-0.2, -0.15) is 0 Å². The van der Waals surface area contributed by atoms with Crippen LogP contribution in [0.4, 0.5) is 0 Å². The van der Waals surface area contributed by atoms with Crippen molar-refractivity contribution in [3.8, 4) is 0 Å². The van der Waals surface area contributed by atoms with Gasteiger partial charge in [-0.3, -0.25) is 0 Å². The van der Waals surface area contributed by atoms with E-state index >= 15 is 0 Å². The first kappa shape index (κ1) is 16.7. The minimum absolute atomic E-state index is 0.566. The molecule has 0 spiro atoms. The molecule has 1 rings (SSSR count). The Morgan fingerprint density at radius 3 is 2.32 bits per heavy atom. The first-order valence-electron chi connectivity index (χ1n) is 7.70. The van der Waals surface area contributed by atoms with Crippen LogP contribution in [0.15, 0.2) is 28.7 Å². The third kappa shape index (κ3) is 8.43. The predicted molar refractivity (Wildman–Crippen MR) is 88.7 cm³/mol. The van der Waals surface area contributed by atoms with Gasteiger partial charge in [-0.15, -0.1) is 0 Å². The van der Waals surface area contributed by atoms with E-state index in [4.69, 9.17) is 0 Å². The lowest BCUT2D eigenvalue weighted by Gasteiger charge is -2.14. The number of nitrogens with one attached hydrogen (secondary N) is 1. The Morgan fingerprint density at radius 2 is 1.63 bits per heavy atom. The molecule has 0 bridgehead atoms. The van der Waals surface area contributed by atoms with Gasteiger partial charge < -0.3 is 5.32 Å². The van der Waals surface area contributed by atoms with E-state index < -0.39 is 0 Å². The second-order valence-corrected chi connectivity index (χ2v) is 6.37. The van der Waals surface area contributed by atoms with Gasteiger partial charge in [0.15, 0.2) is 0 Å². The zero-order valence-corrected chi connectivity index (χ0v) is 14.0. The molecule has 108 valence electrons. The average Bonchev–Trinajstić information content (AvgIpc) is 2.40. The molecular weight excluding hydrogens is 298 g/mol. The molecule has 1 aromatic rings. The van der Waals surface area contributed by atoms with Gasteiger partial charge >= 0.3 is 0 Å². The van der Waals surface area contributed by atoms with E-state index in [-0.39, 0.29) is 0 Å². The summed E-state index contributed by atoms with van der Waals surface area (Å²) in [6.45, 7) is 5.70. The van der Waals surface area contributed by atoms with E-state index in [2.05, 4.69) is 59.4 Å². The fraction of sp³-hybridized carbons (Fsp3) is 0.647. The average molecular weight is 326 g/mol. The molecule has 0 saturated heterocycles. The Bertz CT molecular complexity index is 321. The summed E-state index contributed by atoms with van der Waals surface area (Å²) >= 11 is 3.47. The maximum atomic E-state index is 3.62. The van der Waals surface area contributed by atoms with Crippen LogP contribution in [0.2, 0.25) is 0 Å². The number of unbranched alkanes of at least 4 members (excludes halogenated alkanes) is 5. The van der Waals surface area contributed by atoms with Crippen molar-refractivity contribution in [3.05, 3.63) is 34.3 Å². The Balaban J connectivity index is 2.04. The normalized spacial score (nSPS) is 12.6. The van der Waals surface area contributed by atoms with Crippen molar-refractivity contribution in [1.29, 1.82) is 0 Å². The molecular formula is C17H28BrN. The fourth-order valence-electron chi connectivity index (χ4n) is 2.30. The van der Waals surface area contributed by atoms with E-state index in [1.807, 2.05) is 0 Å². The molecule has 19 heavy (non-hydrogen) atoms. The molecule has 0 aliphatic carbocycles. The van der Waals surface area contributed by atoms with Crippen LogP contribution < -0.4 is 5.32 Å². The summed E-state index contributed by atoms with van der Waals surface area (Å²) in [6.07, 6.45) is 9.34. The van der Waals surface area contributed by atoms with Gasteiger partial charge in [0.25, 0.3) is 0 Å². The summed E-state index contributed by atoms with van der Waals surface area (Å²) in [5, 5.41) is 3.62. The highest BCUT2D eigenvalue weighted by atomic mass is 79.9. The molecule has 0 radical (unpaired) electrons. The lowest BCUT2D eigenvalue weighted by Crippen LogP contribution is -2.28. The van der Waals surface area contributed by atoms with Crippen LogP contribution >= 0.6 is 15.9 Å². The largest absolute Gasteiger partial charge is 0.314 e. The lowest BCUT2D eigenvalue weighted by atomic mass is 10.1. The number of halogens is 1. The SMILES string of the molecule is CCCCCCCCNC(C)Cc1ccc(Br)cc1. The summed E-state index contributed by atoms with van der Waals surface area (Å²) in [4.78, 5) is 0. The van der Waals surface area contributed by atoms with E-state index in [1.54, 1.807) is 0 Å². The number of rotatable bonds is 10. The first-order chi connectivity index (χ1) is 9.22. The molecule has 1 aromatic carbocycles. The van der Waals surface area contributed by atoms with Crippen LogP contribution in [0.25, 0.3) is 0 Å². The predicted octanol–water partition coefficient (Wildman–Crippen LogP) is 5.33. The van der Waals surface area contributed by atoms with Crippen LogP contribution in [0.1, 0.15) is 57.9 Å². The van der Waals surface area contributed by atoms with Gasteiger partial charge in [-0.05, 0) is 44.0 Å². The Hall–Kier alpha value is -0.340. The molecule has 2 heteroatoms. The molecule has 0 saturated carbocycles. The quantitative estimate of drug-likeness (QED) is 0.573. The number of hydrogen-bond acceptors (Lipinski definition) is 1. The first-order valence-corrected chi connectivity index (χ1v) is 8.49. The molecule has 0 fully saturated rings. The molecule has 0 aromatic heterocycles. The van der Waals surface area contributed by atoms with Crippen molar-refractivity contribution < 1.29 is 0 Å². The third-order valence-corrected chi connectivity index (χ3v) is 4.01.